The molecule has 1 heterocycles. The lowest BCUT2D eigenvalue weighted by molar-refractivity contribution is 1.14. The standard InChI is InChI=1S/C24H17Cl2N/c25-21-12-10-18-11-14-22(27-23(18)16-21)13-9-17-5-4-8-20(15-17)24(26)19-6-2-1-3-7-19/h1-16,24H/b13-9+. The molecule has 1 nitrogen and oxygen atoms in total. The molecule has 3 heteroatoms. The Morgan fingerprint density at radius 2 is 1.52 bits per heavy atom. The van der Waals surface area contributed by atoms with E-state index in [0.29, 0.717) is 5.02 Å². The summed E-state index contributed by atoms with van der Waals surface area (Å²) in [6, 6.07) is 28.2. The quantitative estimate of drug-likeness (QED) is 0.331. The van der Waals surface area contributed by atoms with Gasteiger partial charge in [-0.3, -0.25) is 0 Å². The third-order valence-corrected chi connectivity index (χ3v) is 5.16. The molecule has 4 aromatic rings. The predicted molar refractivity (Wildman–Crippen MR) is 116 cm³/mol. The number of hydrogen-bond acceptors (Lipinski definition) is 1. The Morgan fingerprint density at radius 3 is 2.37 bits per heavy atom. The van der Waals surface area contributed by atoms with Crippen molar-refractivity contribution in [3.05, 3.63) is 112 Å². The Morgan fingerprint density at radius 1 is 0.741 bits per heavy atom. The second-order valence-corrected chi connectivity index (χ2v) is 7.22. The van der Waals surface area contributed by atoms with E-state index in [1.807, 2.05) is 66.7 Å². The first-order chi connectivity index (χ1) is 13.2. The van der Waals surface area contributed by atoms with Crippen molar-refractivity contribution in [1.29, 1.82) is 0 Å². The maximum atomic E-state index is 6.65. The average molecular weight is 390 g/mol. The molecule has 0 spiro atoms. The smallest absolute Gasteiger partial charge is 0.0835 e. The fraction of sp³-hybridized carbons (Fsp3) is 0.0417. The fourth-order valence-electron chi connectivity index (χ4n) is 3.02. The fourth-order valence-corrected chi connectivity index (χ4v) is 3.46. The lowest BCUT2D eigenvalue weighted by Crippen LogP contribution is -1.93. The number of hydrogen-bond donors (Lipinski definition) is 0. The average Bonchev–Trinajstić information content (AvgIpc) is 2.72. The van der Waals surface area contributed by atoms with Crippen LogP contribution in [0.3, 0.4) is 0 Å². The van der Waals surface area contributed by atoms with Gasteiger partial charge in [-0.25, -0.2) is 4.98 Å². The summed E-state index contributed by atoms with van der Waals surface area (Å²) < 4.78 is 0. The second kappa shape index (κ2) is 7.96. The van der Waals surface area contributed by atoms with E-state index in [2.05, 4.69) is 35.3 Å². The number of alkyl halides is 1. The summed E-state index contributed by atoms with van der Waals surface area (Å²) in [7, 11) is 0. The zero-order chi connectivity index (χ0) is 18.6. The van der Waals surface area contributed by atoms with Crippen LogP contribution in [-0.2, 0) is 0 Å². The highest BCUT2D eigenvalue weighted by atomic mass is 35.5. The number of benzene rings is 3. The number of fused-ring (bicyclic) bond motifs is 1. The molecular formula is C24H17Cl2N. The van der Waals surface area contributed by atoms with Crippen molar-refractivity contribution in [2.75, 3.05) is 0 Å². The maximum absolute atomic E-state index is 6.65. The van der Waals surface area contributed by atoms with Crippen LogP contribution in [0.1, 0.15) is 27.8 Å². The Hall–Kier alpha value is -2.61. The van der Waals surface area contributed by atoms with Crippen molar-refractivity contribution in [2.24, 2.45) is 0 Å². The molecule has 0 amide bonds. The van der Waals surface area contributed by atoms with Crippen LogP contribution in [0.25, 0.3) is 23.1 Å². The normalized spacial score (nSPS) is 12.5. The third kappa shape index (κ3) is 4.21. The minimum Gasteiger partial charge on any atom is -0.248 e. The van der Waals surface area contributed by atoms with Gasteiger partial charge in [-0.05, 0) is 47.0 Å². The molecule has 0 aliphatic carbocycles. The number of rotatable bonds is 4. The first-order valence-electron chi connectivity index (χ1n) is 8.72. The molecule has 0 aliphatic rings. The van der Waals surface area contributed by atoms with Gasteiger partial charge < -0.3 is 0 Å². The van der Waals surface area contributed by atoms with Gasteiger partial charge in [0.1, 0.15) is 0 Å². The number of nitrogens with zero attached hydrogens (tertiary/aromatic N) is 1. The van der Waals surface area contributed by atoms with Crippen LogP contribution in [0.5, 0.6) is 0 Å². The molecule has 3 aromatic carbocycles. The highest BCUT2D eigenvalue weighted by Crippen LogP contribution is 2.29. The number of pyridine rings is 1. The molecule has 0 bridgehead atoms. The van der Waals surface area contributed by atoms with E-state index in [4.69, 9.17) is 23.2 Å². The first kappa shape index (κ1) is 17.8. The van der Waals surface area contributed by atoms with E-state index in [9.17, 15) is 0 Å². The molecule has 0 aliphatic heterocycles. The monoisotopic (exact) mass is 389 g/mol. The summed E-state index contributed by atoms with van der Waals surface area (Å²) in [4.78, 5) is 4.66. The van der Waals surface area contributed by atoms with Gasteiger partial charge in [0.05, 0.1) is 16.6 Å². The Kier molecular flexibility index (Phi) is 5.24. The molecule has 0 radical (unpaired) electrons. The zero-order valence-corrected chi connectivity index (χ0v) is 16.0. The van der Waals surface area contributed by atoms with Crippen molar-refractivity contribution in [3.63, 3.8) is 0 Å². The van der Waals surface area contributed by atoms with Gasteiger partial charge in [-0.2, -0.15) is 0 Å². The summed E-state index contributed by atoms with van der Waals surface area (Å²) in [5, 5.41) is 1.60. The molecule has 0 saturated carbocycles. The molecule has 1 aromatic heterocycles. The summed E-state index contributed by atoms with van der Waals surface area (Å²) in [5.74, 6) is 0. The summed E-state index contributed by atoms with van der Waals surface area (Å²) in [5.41, 5.74) is 5.03. The summed E-state index contributed by atoms with van der Waals surface area (Å²) >= 11 is 12.7. The molecular weight excluding hydrogens is 373 g/mol. The van der Waals surface area contributed by atoms with Crippen LogP contribution in [0.15, 0.2) is 84.9 Å². The molecule has 0 fully saturated rings. The van der Waals surface area contributed by atoms with Gasteiger partial charge in [0.15, 0.2) is 0 Å². The van der Waals surface area contributed by atoms with Crippen molar-refractivity contribution < 1.29 is 0 Å². The van der Waals surface area contributed by atoms with Crippen LogP contribution in [0, 0.1) is 0 Å². The minimum atomic E-state index is -0.166. The van der Waals surface area contributed by atoms with Crippen LogP contribution in [-0.4, -0.2) is 4.98 Å². The highest BCUT2D eigenvalue weighted by Gasteiger charge is 2.10. The highest BCUT2D eigenvalue weighted by molar-refractivity contribution is 6.31. The van der Waals surface area contributed by atoms with Gasteiger partial charge in [0.2, 0.25) is 0 Å². The van der Waals surface area contributed by atoms with Crippen LogP contribution in [0.4, 0.5) is 0 Å². The minimum absolute atomic E-state index is 0.166. The van der Waals surface area contributed by atoms with Gasteiger partial charge >= 0.3 is 0 Å². The molecule has 4 rings (SSSR count). The Balaban J connectivity index is 1.59. The van der Waals surface area contributed by atoms with E-state index in [1.165, 1.54) is 0 Å². The Labute approximate surface area is 168 Å². The second-order valence-electron chi connectivity index (χ2n) is 6.35. The summed E-state index contributed by atoms with van der Waals surface area (Å²) in [6.45, 7) is 0. The van der Waals surface area contributed by atoms with E-state index in [1.54, 1.807) is 0 Å². The molecule has 27 heavy (non-hydrogen) atoms. The van der Waals surface area contributed by atoms with Crippen LogP contribution < -0.4 is 0 Å². The predicted octanol–water partition coefficient (Wildman–Crippen LogP) is 7.39. The third-order valence-electron chi connectivity index (χ3n) is 4.42. The maximum Gasteiger partial charge on any atom is 0.0835 e. The molecule has 1 atom stereocenters. The van der Waals surface area contributed by atoms with Gasteiger partial charge in [0.25, 0.3) is 0 Å². The zero-order valence-electron chi connectivity index (χ0n) is 14.5. The van der Waals surface area contributed by atoms with E-state index < -0.39 is 0 Å². The van der Waals surface area contributed by atoms with E-state index in [-0.39, 0.29) is 5.38 Å². The first-order valence-corrected chi connectivity index (χ1v) is 9.54. The van der Waals surface area contributed by atoms with Crippen molar-refractivity contribution in [1.82, 2.24) is 4.98 Å². The van der Waals surface area contributed by atoms with Crippen molar-refractivity contribution in [2.45, 2.75) is 5.38 Å². The lowest BCUT2D eigenvalue weighted by Gasteiger charge is -2.10. The van der Waals surface area contributed by atoms with Gasteiger partial charge in [-0.15, -0.1) is 11.6 Å². The molecule has 132 valence electrons. The molecule has 0 saturated heterocycles. The molecule has 0 N–H and O–H groups in total. The van der Waals surface area contributed by atoms with E-state index in [0.717, 1.165) is 33.3 Å². The number of halogens is 2. The van der Waals surface area contributed by atoms with Crippen molar-refractivity contribution in [3.8, 4) is 0 Å². The molecule has 1 unspecified atom stereocenters. The van der Waals surface area contributed by atoms with Gasteiger partial charge in [-0.1, -0.05) is 78.3 Å². The van der Waals surface area contributed by atoms with Crippen molar-refractivity contribution >= 4 is 46.3 Å². The van der Waals surface area contributed by atoms with Crippen LogP contribution in [0.2, 0.25) is 5.02 Å². The topological polar surface area (TPSA) is 12.9 Å². The Bertz CT molecular complexity index is 1100. The summed E-state index contributed by atoms with van der Waals surface area (Å²) in [6.07, 6.45) is 4.06. The number of aromatic nitrogens is 1. The van der Waals surface area contributed by atoms with Crippen LogP contribution >= 0.6 is 23.2 Å². The SMILES string of the molecule is Clc1ccc2ccc(/C=C/c3cccc(C(Cl)c4ccccc4)c3)nc2c1. The van der Waals surface area contributed by atoms with Gasteiger partial charge in [0, 0.05) is 10.4 Å². The largest absolute Gasteiger partial charge is 0.248 e. The van der Waals surface area contributed by atoms with E-state index >= 15 is 0 Å². The lowest BCUT2D eigenvalue weighted by atomic mass is 10.0.